The summed E-state index contributed by atoms with van der Waals surface area (Å²) in [6, 6.07) is 1.82. The second kappa shape index (κ2) is 9.56. The predicted octanol–water partition coefficient (Wildman–Crippen LogP) is 2.19. The molecular weight excluding hydrogens is 444 g/mol. The molecule has 0 bridgehead atoms. The fourth-order valence-electron chi connectivity index (χ4n) is 3.36. The molecule has 2 fully saturated rings. The second-order valence-corrected chi connectivity index (χ2v) is 7.71. The Morgan fingerprint density at radius 2 is 1.97 bits per heavy atom. The van der Waals surface area contributed by atoms with Crippen molar-refractivity contribution >= 4 is 29.2 Å². The zero-order valence-corrected chi connectivity index (χ0v) is 16.7. The third-order valence-corrected chi connectivity index (χ3v) is 5.56. The summed E-state index contributed by atoms with van der Waals surface area (Å²) in [5, 5.41) is 13.8. The molecule has 3 atom stereocenters. The fourth-order valence-corrected chi connectivity index (χ4v) is 4.00. The van der Waals surface area contributed by atoms with Crippen LogP contribution in [0.3, 0.4) is 0 Å². The number of carbonyl (C=O) groups excluding carboxylic acids is 1. The number of thiophene rings is 1. The van der Waals surface area contributed by atoms with E-state index in [0.717, 1.165) is 6.54 Å². The molecule has 168 valence electrons. The van der Waals surface area contributed by atoms with Crippen molar-refractivity contribution in [1.29, 1.82) is 0 Å². The topological polar surface area (TPSA) is 105 Å². The van der Waals surface area contributed by atoms with Crippen LogP contribution >= 0.6 is 11.3 Å². The maximum atomic E-state index is 13.0. The Morgan fingerprint density at radius 3 is 2.55 bits per heavy atom. The minimum absolute atomic E-state index is 0.0450. The number of amides is 1. The summed E-state index contributed by atoms with van der Waals surface area (Å²) < 4.78 is 50.6. The number of nitrogens with zero attached hydrogens (tertiary/aromatic N) is 3. The van der Waals surface area contributed by atoms with Gasteiger partial charge in [0.05, 0.1) is 25.1 Å². The Morgan fingerprint density at radius 1 is 1.29 bits per heavy atom. The van der Waals surface area contributed by atoms with Crippen molar-refractivity contribution < 1.29 is 37.0 Å². The van der Waals surface area contributed by atoms with Crippen LogP contribution in [0, 0.1) is 17.7 Å². The Hall–Kier alpha value is -2.80. The Bertz CT molecular complexity index is 895. The van der Waals surface area contributed by atoms with Gasteiger partial charge in [0.15, 0.2) is 5.82 Å². The van der Waals surface area contributed by atoms with Crippen molar-refractivity contribution in [1.82, 2.24) is 15.3 Å². The lowest BCUT2D eigenvalue weighted by Gasteiger charge is -2.19. The lowest BCUT2D eigenvalue weighted by molar-refractivity contribution is -0.192. The van der Waals surface area contributed by atoms with Crippen LogP contribution < -0.4 is 10.2 Å². The van der Waals surface area contributed by atoms with E-state index in [4.69, 9.17) is 14.6 Å². The summed E-state index contributed by atoms with van der Waals surface area (Å²) in [5.74, 6) is -2.13. The van der Waals surface area contributed by atoms with Crippen molar-refractivity contribution in [2.24, 2.45) is 11.8 Å². The minimum atomic E-state index is -5.08. The van der Waals surface area contributed by atoms with Gasteiger partial charge in [0.2, 0.25) is 5.95 Å². The molecule has 2 aromatic rings. The zero-order chi connectivity index (χ0) is 22.6. The van der Waals surface area contributed by atoms with Crippen LogP contribution in [0.25, 0.3) is 0 Å². The van der Waals surface area contributed by atoms with E-state index in [2.05, 4.69) is 15.3 Å². The number of hydrogen-bond acceptors (Lipinski definition) is 7. The van der Waals surface area contributed by atoms with Gasteiger partial charge in [-0.15, -0.1) is 0 Å². The van der Waals surface area contributed by atoms with Crippen molar-refractivity contribution in [3.63, 3.8) is 0 Å². The summed E-state index contributed by atoms with van der Waals surface area (Å²) >= 11 is 1.51. The molecule has 4 rings (SSSR count). The SMILES string of the molecule is O=C(NC[C@@H]1CO[C@@H]2CN(c3ncc(F)cn3)C[C@H]12)c1ccsc1.O=C(O)C(F)(F)F. The molecule has 0 aromatic carbocycles. The number of nitrogens with one attached hydrogen (secondary N) is 1. The number of ether oxygens (including phenoxy) is 1. The summed E-state index contributed by atoms with van der Waals surface area (Å²) in [5.41, 5.74) is 0.697. The molecule has 8 nitrogen and oxygen atoms in total. The largest absolute Gasteiger partial charge is 0.490 e. The number of anilines is 1. The molecule has 2 aliphatic heterocycles. The number of aliphatic carboxylic acids is 1. The van der Waals surface area contributed by atoms with E-state index >= 15 is 0 Å². The van der Waals surface area contributed by atoms with Gasteiger partial charge >= 0.3 is 12.1 Å². The first-order valence-corrected chi connectivity index (χ1v) is 10.0. The van der Waals surface area contributed by atoms with Crippen LogP contribution in [0.5, 0.6) is 0 Å². The van der Waals surface area contributed by atoms with Crippen LogP contribution in [-0.2, 0) is 9.53 Å². The molecule has 4 heterocycles. The van der Waals surface area contributed by atoms with E-state index in [1.807, 2.05) is 21.7 Å². The van der Waals surface area contributed by atoms with Gasteiger partial charge in [-0.2, -0.15) is 24.5 Å². The predicted molar refractivity (Wildman–Crippen MR) is 101 cm³/mol. The standard InChI is InChI=1S/C16H17FN4O2S.C2HF3O2/c17-12-4-19-16(20-5-12)21-6-13-11(8-23-14(13)7-21)3-18-15(22)10-1-2-24-9-10;3-2(4,5)1(6)7/h1-2,4-5,9,11,13-14H,3,6-8H2,(H,18,22);(H,6,7)/t11-,13-,14-;/m1./s1. The van der Waals surface area contributed by atoms with Gasteiger partial charge in [-0.05, 0) is 11.4 Å². The Balaban J connectivity index is 0.000000339. The third-order valence-electron chi connectivity index (χ3n) is 4.88. The van der Waals surface area contributed by atoms with E-state index in [1.54, 1.807) is 0 Å². The first-order chi connectivity index (χ1) is 14.6. The van der Waals surface area contributed by atoms with Crippen molar-refractivity contribution in [2.45, 2.75) is 12.3 Å². The molecule has 2 saturated heterocycles. The Kier molecular flexibility index (Phi) is 7.05. The van der Waals surface area contributed by atoms with E-state index in [9.17, 15) is 22.4 Å². The average molecular weight is 462 g/mol. The maximum absolute atomic E-state index is 13.0. The maximum Gasteiger partial charge on any atom is 0.490 e. The second-order valence-electron chi connectivity index (χ2n) is 6.93. The van der Waals surface area contributed by atoms with Crippen LogP contribution in [0.1, 0.15) is 10.4 Å². The van der Waals surface area contributed by atoms with Gasteiger partial charge < -0.3 is 20.1 Å². The fraction of sp³-hybridized carbons (Fsp3) is 0.444. The van der Waals surface area contributed by atoms with E-state index in [-0.39, 0.29) is 17.9 Å². The van der Waals surface area contributed by atoms with Gasteiger partial charge in [0.1, 0.15) is 0 Å². The van der Waals surface area contributed by atoms with Crippen LogP contribution in [0.15, 0.2) is 29.2 Å². The molecule has 0 unspecified atom stereocenters. The molecule has 0 spiro atoms. The van der Waals surface area contributed by atoms with Gasteiger partial charge in [0, 0.05) is 42.4 Å². The van der Waals surface area contributed by atoms with Gasteiger partial charge in [-0.25, -0.2) is 19.2 Å². The normalized spacial score (nSPS) is 22.5. The molecule has 0 saturated carbocycles. The number of hydrogen-bond donors (Lipinski definition) is 2. The first-order valence-electron chi connectivity index (χ1n) is 9.09. The smallest absolute Gasteiger partial charge is 0.475 e. The van der Waals surface area contributed by atoms with Crippen molar-refractivity contribution in [3.05, 3.63) is 40.6 Å². The number of carboxylic acid groups (broad SMARTS) is 1. The molecule has 13 heteroatoms. The molecule has 2 N–H and O–H groups in total. The number of alkyl halides is 3. The molecular formula is C18H18F4N4O4S. The zero-order valence-electron chi connectivity index (χ0n) is 15.9. The molecule has 2 aliphatic rings. The number of aromatic nitrogens is 2. The summed E-state index contributed by atoms with van der Waals surface area (Å²) in [7, 11) is 0. The van der Waals surface area contributed by atoms with Crippen LogP contribution in [0.2, 0.25) is 0 Å². The molecule has 0 radical (unpaired) electrons. The highest BCUT2D eigenvalue weighted by Gasteiger charge is 2.44. The lowest BCUT2D eigenvalue weighted by atomic mass is 9.93. The van der Waals surface area contributed by atoms with E-state index in [1.165, 1.54) is 23.7 Å². The number of fused-ring (bicyclic) bond motifs is 1. The Labute approximate surface area is 177 Å². The molecule has 0 aliphatic carbocycles. The molecule has 2 aromatic heterocycles. The van der Waals surface area contributed by atoms with Gasteiger partial charge in [-0.3, -0.25) is 4.79 Å². The van der Waals surface area contributed by atoms with Gasteiger partial charge in [0.25, 0.3) is 5.91 Å². The highest BCUT2D eigenvalue weighted by Crippen LogP contribution is 2.34. The quantitative estimate of drug-likeness (QED) is 0.672. The minimum Gasteiger partial charge on any atom is -0.475 e. The average Bonchev–Trinajstić information content (AvgIpc) is 3.44. The number of carboxylic acids is 1. The van der Waals surface area contributed by atoms with Crippen molar-refractivity contribution in [3.8, 4) is 0 Å². The monoisotopic (exact) mass is 462 g/mol. The molecule has 1 amide bonds. The number of carbonyl (C=O) groups is 2. The highest BCUT2D eigenvalue weighted by atomic mass is 32.1. The summed E-state index contributed by atoms with van der Waals surface area (Å²) in [4.78, 5) is 31.0. The first kappa shape index (κ1) is 22.9. The highest BCUT2D eigenvalue weighted by molar-refractivity contribution is 7.08. The lowest BCUT2D eigenvalue weighted by Crippen LogP contribution is -2.34. The van der Waals surface area contributed by atoms with Crippen LogP contribution in [-0.4, -0.2) is 65.5 Å². The van der Waals surface area contributed by atoms with Crippen LogP contribution in [0.4, 0.5) is 23.5 Å². The third kappa shape index (κ3) is 5.88. The molecule has 31 heavy (non-hydrogen) atoms. The number of halogens is 4. The van der Waals surface area contributed by atoms with E-state index < -0.39 is 18.0 Å². The van der Waals surface area contributed by atoms with Gasteiger partial charge in [-0.1, -0.05) is 0 Å². The number of rotatable bonds is 4. The summed E-state index contributed by atoms with van der Waals surface area (Å²) in [6.45, 7) is 2.70. The summed E-state index contributed by atoms with van der Waals surface area (Å²) in [6.07, 6.45) is -2.62. The van der Waals surface area contributed by atoms with E-state index in [0.29, 0.717) is 37.1 Å². The van der Waals surface area contributed by atoms with Crippen molar-refractivity contribution in [2.75, 3.05) is 31.1 Å².